The SMILES string of the molecule is CC(CC#N)NC1CCN(C)CC1. The van der Waals surface area contributed by atoms with Crippen LogP contribution in [0.15, 0.2) is 0 Å². The van der Waals surface area contributed by atoms with Gasteiger partial charge in [0.1, 0.15) is 0 Å². The molecule has 1 atom stereocenters. The van der Waals surface area contributed by atoms with Crippen LogP contribution in [0.25, 0.3) is 0 Å². The second kappa shape index (κ2) is 5.21. The Morgan fingerprint density at radius 1 is 1.54 bits per heavy atom. The molecule has 0 saturated carbocycles. The number of piperidine rings is 1. The van der Waals surface area contributed by atoms with Gasteiger partial charge in [0.15, 0.2) is 0 Å². The van der Waals surface area contributed by atoms with Crippen LogP contribution in [0.5, 0.6) is 0 Å². The highest BCUT2D eigenvalue weighted by Gasteiger charge is 2.17. The molecule has 13 heavy (non-hydrogen) atoms. The van der Waals surface area contributed by atoms with Crippen molar-refractivity contribution in [2.45, 2.75) is 38.3 Å². The summed E-state index contributed by atoms with van der Waals surface area (Å²) >= 11 is 0. The zero-order valence-electron chi connectivity index (χ0n) is 8.58. The standard InChI is InChI=1S/C10H19N3/c1-9(3-6-11)12-10-4-7-13(2)8-5-10/h9-10,12H,3-5,7-8H2,1-2H3. The van der Waals surface area contributed by atoms with Crippen LogP contribution in [0.4, 0.5) is 0 Å². The Labute approximate surface area is 80.7 Å². The van der Waals surface area contributed by atoms with Crippen LogP contribution in [-0.4, -0.2) is 37.1 Å². The van der Waals surface area contributed by atoms with Crippen LogP contribution in [0.1, 0.15) is 26.2 Å². The summed E-state index contributed by atoms with van der Waals surface area (Å²) < 4.78 is 0. The molecular weight excluding hydrogens is 162 g/mol. The third kappa shape index (κ3) is 3.75. The van der Waals surface area contributed by atoms with Gasteiger partial charge in [0.2, 0.25) is 0 Å². The summed E-state index contributed by atoms with van der Waals surface area (Å²) in [6.45, 7) is 4.44. The fourth-order valence-corrected chi connectivity index (χ4v) is 1.77. The maximum absolute atomic E-state index is 8.51. The van der Waals surface area contributed by atoms with Gasteiger partial charge in [-0.05, 0) is 39.9 Å². The Balaban J connectivity index is 2.19. The van der Waals surface area contributed by atoms with Crippen molar-refractivity contribution in [2.75, 3.05) is 20.1 Å². The van der Waals surface area contributed by atoms with Gasteiger partial charge in [-0.15, -0.1) is 0 Å². The molecule has 1 N–H and O–H groups in total. The number of nitriles is 1. The molecule has 1 saturated heterocycles. The van der Waals surface area contributed by atoms with E-state index in [0.29, 0.717) is 18.5 Å². The average molecular weight is 181 g/mol. The molecule has 0 spiro atoms. The van der Waals surface area contributed by atoms with Gasteiger partial charge < -0.3 is 10.2 Å². The molecule has 0 aliphatic carbocycles. The molecule has 3 heteroatoms. The van der Waals surface area contributed by atoms with Crippen molar-refractivity contribution < 1.29 is 0 Å². The van der Waals surface area contributed by atoms with Crippen molar-refractivity contribution in [2.24, 2.45) is 0 Å². The number of likely N-dealkylation sites (tertiary alicyclic amines) is 1. The van der Waals surface area contributed by atoms with E-state index in [2.05, 4.69) is 30.3 Å². The summed E-state index contributed by atoms with van der Waals surface area (Å²) in [7, 11) is 2.16. The molecule has 1 unspecified atom stereocenters. The van der Waals surface area contributed by atoms with E-state index in [4.69, 9.17) is 5.26 Å². The van der Waals surface area contributed by atoms with Crippen LogP contribution in [-0.2, 0) is 0 Å². The predicted octanol–water partition coefficient (Wildman–Crippen LogP) is 0.972. The minimum atomic E-state index is 0.346. The molecule has 1 aliphatic heterocycles. The second-order valence-corrected chi connectivity index (χ2v) is 4.01. The maximum Gasteiger partial charge on any atom is 0.0638 e. The number of nitrogens with zero attached hydrogens (tertiary/aromatic N) is 2. The third-order valence-corrected chi connectivity index (χ3v) is 2.64. The Bertz CT molecular complexity index is 177. The van der Waals surface area contributed by atoms with Gasteiger partial charge in [-0.2, -0.15) is 5.26 Å². The first-order valence-electron chi connectivity index (χ1n) is 5.04. The number of nitrogens with one attached hydrogen (secondary N) is 1. The first-order valence-corrected chi connectivity index (χ1v) is 5.04. The van der Waals surface area contributed by atoms with Crippen molar-refractivity contribution in [3.05, 3.63) is 0 Å². The van der Waals surface area contributed by atoms with Crippen LogP contribution in [0.3, 0.4) is 0 Å². The van der Waals surface area contributed by atoms with Crippen molar-refractivity contribution in [1.82, 2.24) is 10.2 Å². The van der Waals surface area contributed by atoms with E-state index in [-0.39, 0.29) is 0 Å². The molecule has 3 nitrogen and oxygen atoms in total. The lowest BCUT2D eigenvalue weighted by atomic mass is 10.0. The largest absolute Gasteiger partial charge is 0.310 e. The lowest BCUT2D eigenvalue weighted by molar-refractivity contribution is 0.226. The van der Waals surface area contributed by atoms with Gasteiger partial charge in [0, 0.05) is 12.1 Å². The molecule has 0 aromatic carbocycles. The summed E-state index contributed by atoms with van der Waals surface area (Å²) in [6, 6.07) is 3.16. The van der Waals surface area contributed by atoms with E-state index >= 15 is 0 Å². The Kier molecular flexibility index (Phi) is 4.20. The highest BCUT2D eigenvalue weighted by atomic mass is 15.1. The molecule has 74 valence electrons. The van der Waals surface area contributed by atoms with Gasteiger partial charge in [0.05, 0.1) is 12.5 Å². The quantitative estimate of drug-likeness (QED) is 0.705. The van der Waals surface area contributed by atoms with Gasteiger partial charge in [0.25, 0.3) is 0 Å². The van der Waals surface area contributed by atoms with Crippen LogP contribution < -0.4 is 5.32 Å². The fraction of sp³-hybridized carbons (Fsp3) is 0.900. The lowest BCUT2D eigenvalue weighted by Gasteiger charge is -2.31. The molecule has 1 rings (SSSR count). The summed E-state index contributed by atoms with van der Waals surface area (Å²) in [5, 5.41) is 12.0. The summed E-state index contributed by atoms with van der Waals surface area (Å²) in [5.74, 6) is 0. The van der Waals surface area contributed by atoms with E-state index in [1.807, 2.05) is 0 Å². The normalized spacial score (nSPS) is 22.5. The molecule has 1 fully saturated rings. The van der Waals surface area contributed by atoms with E-state index < -0.39 is 0 Å². The molecule has 0 aromatic rings. The molecular formula is C10H19N3. The molecule has 1 aliphatic rings. The molecule has 0 radical (unpaired) electrons. The highest BCUT2D eigenvalue weighted by molar-refractivity contribution is 4.82. The number of rotatable bonds is 3. The van der Waals surface area contributed by atoms with E-state index in [1.165, 1.54) is 25.9 Å². The molecule has 0 amide bonds. The van der Waals surface area contributed by atoms with Gasteiger partial charge >= 0.3 is 0 Å². The maximum atomic E-state index is 8.51. The lowest BCUT2D eigenvalue weighted by Crippen LogP contribution is -2.44. The van der Waals surface area contributed by atoms with E-state index in [9.17, 15) is 0 Å². The number of hydrogen-bond acceptors (Lipinski definition) is 3. The second-order valence-electron chi connectivity index (χ2n) is 4.01. The summed E-state index contributed by atoms with van der Waals surface area (Å²) in [4.78, 5) is 2.35. The topological polar surface area (TPSA) is 39.1 Å². The van der Waals surface area contributed by atoms with Crippen molar-refractivity contribution in [1.29, 1.82) is 5.26 Å². The zero-order chi connectivity index (χ0) is 9.68. The van der Waals surface area contributed by atoms with Crippen molar-refractivity contribution in [3.63, 3.8) is 0 Å². The Morgan fingerprint density at radius 3 is 2.69 bits per heavy atom. The summed E-state index contributed by atoms with van der Waals surface area (Å²) in [6.07, 6.45) is 3.05. The van der Waals surface area contributed by atoms with Gasteiger partial charge in [-0.25, -0.2) is 0 Å². The Hall–Kier alpha value is -0.590. The predicted molar refractivity (Wildman–Crippen MR) is 53.3 cm³/mol. The first kappa shape index (κ1) is 10.5. The molecule has 0 bridgehead atoms. The summed E-state index contributed by atoms with van der Waals surface area (Å²) in [5.41, 5.74) is 0. The first-order chi connectivity index (χ1) is 6.22. The van der Waals surface area contributed by atoms with Gasteiger partial charge in [-0.1, -0.05) is 0 Å². The minimum Gasteiger partial charge on any atom is -0.310 e. The van der Waals surface area contributed by atoms with Crippen LogP contribution >= 0.6 is 0 Å². The smallest absolute Gasteiger partial charge is 0.0638 e. The Morgan fingerprint density at radius 2 is 2.15 bits per heavy atom. The molecule has 0 aromatic heterocycles. The fourth-order valence-electron chi connectivity index (χ4n) is 1.77. The molecule has 1 heterocycles. The number of hydrogen-bond donors (Lipinski definition) is 1. The van der Waals surface area contributed by atoms with Crippen molar-refractivity contribution >= 4 is 0 Å². The van der Waals surface area contributed by atoms with Crippen LogP contribution in [0, 0.1) is 11.3 Å². The minimum absolute atomic E-state index is 0.346. The third-order valence-electron chi connectivity index (χ3n) is 2.64. The van der Waals surface area contributed by atoms with Crippen LogP contribution in [0.2, 0.25) is 0 Å². The zero-order valence-corrected chi connectivity index (χ0v) is 8.58. The highest BCUT2D eigenvalue weighted by Crippen LogP contribution is 2.09. The van der Waals surface area contributed by atoms with E-state index in [0.717, 1.165) is 0 Å². The average Bonchev–Trinajstić information content (AvgIpc) is 2.09. The monoisotopic (exact) mass is 181 g/mol. The van der Waals surface area contributed by atoms with Gasteiger partial charge in [-0.3, -0.25) is 0 Å². The van der Waals surface area contributed by atoms with Crippen molar-refractivity contribution in [3.8, 4) is 6.07 Å². The van der Waals surface area contributed by atoms with E-state index in [1.54, 1.807) is 0 Å².